The summed E-state index contributed by atoms with van der Waals surface area (Å²) in [6.07, 6.45) is 2.34. The standard InChI is InChI=1S/C24H34N2O6Si/c1-9-10-31-23(29)26-17-13-19(27)20(30-6)12-16(17)21(28)25-14-15(2)11-18(25)22(26)32-33(7,8)24(3,4)5/h9,12-14,18,22,27H,1,10-11H2,2-8H3/t18-,22?/m0/s1. The van der Waals surface area contributed by atoms with Crippen LogP contribution >= 0.6 is 0 Å². The van der Waals surface area contributed by atoms with Crippen LogP contribution in [-0.2, 0) is 9.16 Å². The number of fused-ring (bicyclic) bond motifs is 2. The number of benzene rings is 1. The molecule has 2 aliphatic rings. The molecule has 8 nitrogen and oxygen atoms in total. The third-order valence-corrected chi connectivity index (χ3v) is 11.0. The first-order chi connectivity index (χ1) is 15.3. The molecular weight excluding hydrogens is 440 g/mol. The minimum absolute atomic E-state index is 0.000773. The molecule has 2 aliphatic heterocycles. The van der Waals surface area contributed by atoms with Crippen molar-refractivity contribution < 1.29 is 28.6 Å². The molecule has 0 aliphatic carbocycles. The zero-order valence-electron chi connectivity index (χ0n) is 20.5. The molecule has 3 rings (SSSR count). The fraction of sp³-hybridized carbons (Fsp3) is 0.500. The van der Waals surface area contributed by atoms with Crippen LogP contribution in [0.5, 0.6) is 11.5 Å². The van der Waals surface area contributed by atoms with E-state index in [1.807, 2.05) is 6.92 Å². The molecule has 2 amide bonds. The van der Waals surface area contributed by atoms with Gasteiger partial charge in [-0.15, -0.1) is 0 Å². The minimum Gasteiger partial charge on any atom is -0.504 e. The van der Waals surface area contributed by atoms with E-state index in [1.165, 1.54) is 30.2 Å². The number of anilines is 1. The van der Waals surface area contributed by atoms with Gasteiger partial charge in [0.1, 0.15) is 6.61 Å². The normalized spacial score (nSPS) is 20.6. The first kappa shape index (κ1) is 24.9. The number of phenols is 1. The number of phenolic OH excluding ortho intramolecular Hbond substituents is 1. The second-order valence-electron chi connectivity index (χ2n) is 10.0. The molecule has 2 atom stereocenters. The van der Waals surface area contributed by atoms with Crippen LogP contribution in [0, 0.1) is 0 Å². The predicted molar refractivity (Wildman–Crippen MR) is 129 cm³/mol. The number of ether oxygens (including phenoxy) is 2. The molecule has 1 aromatic rings. The lowest BCUT2D eigenvalue weighted by atomic mass is 10.1. The maximum absolute atomic E-state index is 13.6. The minimum atomic E-state index is -2.41. The van der Waals surface area contributed by atoms with Crippen molar-refractivity contribution in [1.82, 2.24) is 4.90 Å². The average molecular weight is 475 g/mol. The number of methoxy groups -OCH3 is 1. The summed E-state index contributed by atoms with van der Waals surface area (Å²) < 4.78 is 17.5. The summed E-state index contributed by atoms with van der Waals surface area (Å²) in [5.74, 6) is -0.347. The maximum Gasteiger partial charge on any atom is 0.416 e. The molecular formula is C24H34N2O6Si. The Balaban J connectivity index is 2.26. The van der Waals surface area contributed by atoms with Crippen LogP contribution in [0.15, 0.2) is 36.6 Å². The van der Waals surface area contributed by atoms with E-state index in [1.54, 1.807) is 11.1 Å². The lowest BCUT2D eigenvalue weighted by molar-refractivity contribution is 0.0589. The number of amides is 2. The van der Waals surface area contributed by atoms with Gasteiger partial charge in [-0.05, 0) is 37.5 Å². The maximum atomic E-state index is 13.6. The monoisotopic (exact) mass is 474 g/mol. The largest absolute Gasteiger partial charge is 0.504 e. The summed E-state index contributed by atoms with van der Waals surface area (Å²) in [4.78, 5) is 30.0. The van der Waals surface area contributed by atoms with Gasteiger partial charge in [0.25, 0.3) is 5.91 Å². The van der Waals surface area contributed by atoms with Gasteiger partial charge >= 0.3 is 6.09 Å². The van der Waals surface area contributed by atoms with E-state index >= 15 is 0 Å². The molecule has 0 aromatic heterocycles. The van der Waals surface area contributed by atoms with Crippen molar-refractivity contribution in [3.8, 4) is 11.5 Å². The smallest absolute Gasteiger partial charge is 0.416 e. The summed E-state index contributed by atoms with van der Waals surface area (Å²) in [7, 11) is -1.00. The van der Waals surface area contributed by atoms with E-state index in [-0.39, 0.29) is 40.3 Å². The summed E-state index contributed by atoms with van der Waals surface area (Å²) >= 11 is 0. The van der Waals surface area contributed by atoms with Crippen LogP contribution in [0.1, 0.15) is 44.5 Å². The van der Waals surface area contributed by atoms with Crippen molar-refractivity contribution in [1.29, 1.82) is 0 Å². The zero-order valence-corrected chi connectivity index (χ0v) is 21.5. The van der Waals surface area contributed by atoms with Crippen molar-refractivity contribution in [2.24, 2.45) is 0 Å². The fourth-order valence-electron chi connectivity index (χ4n) is 3.81. The van der Waals surface area contributed by atoms with Gasteiger partial charge in [0.2, 0.25) is 0 Å². The van der Waals surface area contributed by atoms with Crippen LogP contribution in [-0.4, -0.2) is 56.3 Å². The van der Waals surface area contributed by atoms with Crippen LogP contribution in [0.3, 0.4) is 0 Å². The van der Waals surface area contributed by atoms with E-state index in [9.17, 15) is 14.7 Å². The van der Waals surface area contributed by atoms with Crippen LogP contribution in [0.25, 0.3) is 0 Å². The van der Waals surface area contributed by atoms with Gasteiger partial charge in [-0.3, -0.25) is 4.79 Å². The van der Waals surface area contributed by atoms with Gasteiger partial charge in [-0.1, -0.05) is 39.0 Å². The Hall–Kier alpha value is -2.78. The topological polar surface area (TPSA) is 88.5 Å². The molecule has 9 heteroatoms. The molecule has 180 valence electrons. The fourth-order valence-corrected chi connectivity index (χ4v) is 5.03. The Morgan fingerprint density at radius 2 is 2.00 bits per heavy atom. The molecule has 0 saturated carbocycles. The molecule has 0 spiro atoms. The number of carbonyl (C=O) groups excluding carboxylic acids is 2. The van der Waals surface area contributed by atoms with Crippen LogP contribution in [0.2, 0.25) is 18.1 Å². The van der Waals surface area contributed by atoms with Gasteiger partial charge in [0.05, 0.1) is 24.4 Å². The second-order valence-corrected chi connectivity index (χ2v) is 14.8. The Kier molecular flexibility index (Phi) is 6.68. The van der Waals surface area contributed by atoms with E-state index in [4.69, 9.17) is 13.9 Å². The van der Waals surface area contributed by atoms with Gasteiger partial charge in [-0.2, -0.15) is 0 Å². The molecule has 0 fully saturated rings. The van der Waals surface area contributed by atoms with Crippen LogP contribution < -0.4 is 9.64 Å². The number of aromatic hydroxyl groups is 1. The first-order valence-corrected chi connectivity index (χ1v) is 13.9. The quantitative estimate of drug-likeness (QED) is 0.477. The average Bonchev–Trinajstić information content (AvgIpc) is 3.08. The highest BCUT2D eigenvalue weighted by atomic mass is 28.4. The predicted octanol–water partition coefficient (Wildman–Crippen LogP) is 5.01. The van der Waals surface area contributed by atoms with E-state index in [0.29, 0.717) is 6.42 Å². The number of carbonyl (C=O) groups is 2. The molecule has 0 radical (unpaired) electrons. The first-order valence-electron chi connectivity index (χ1n) is 11.0. The number of rotatable bonds is 5. The van der Waals surface area contributed by atoms with Crippen molar-refractivity contribution in [3.63, 3.8) is 0 Å². The van der Waals surface area contributed by atoms with Gasteiger partial charge < -0.3 is 23.9 Å². The molecule has 33 heavy (non-hydrogen) atoms. The third-order valence-electron chi connectivity index (χ3n) is 6.60. The number of hydrogen-bond donors (Lipinski definition) is 1. The van der Waals surface area contributed by atoms with E-state index in [0.717, 1.165) is 5.57 Å². The summed E-state index contributed by atoms with van der Waals surface area (Å²) in [5, 5.41) is 10.4. The Bertz CT molecular complexity index is 997. The second kappa shape index (κ2) is 8.87. The summed E-state index contributed by atoms with van der Waals surface area (Å²) in [6.45, 7) is 16.1. The van der Waals surface area contributed by atoms with Gasteiger partial charge in [0.15, 0.2) is 26.0 Å². The van der Waals surface area contributed by atoms with Crippen molar-refractivity contribution in [3.05, 3.63) is 42.1 Å². The lowest BCUT2D eigenvalue weighted by Crippen LogP contribution is -2.57. The lowest BCUT2D eigenvalue weighted by Gasteiger charge is -2.44. The Morgan fingerprint density at radius 3 is 2.58 bits per heavy atom. The Morgan fingerprint density at radius 1 is 1.33 bits per heavy atom. The third kappa shape index (κ3) is 4.52. The molecule has 1 N–H and O–H groups in total. The zero-order chi connectivity index (χ0) is 24.7. The van der Waals surface area contributed by atoms with E-state index < -0.39 is 26.7 Å². The van der Waals surface area contributed by atoms with Gasteiger partial charge in [0, 0.05) is 12.3 Å². The van der Waals surface area contributed by atoms with Crippen molar-refractivity contribution in [2.75, 3.05) is 18.6 Å². The molecule has 1 unspecified atom stereocenters. The number of hydrogen-bond acceptors (Lipinski definition) is 6. The van der Waals surface area contributed by atoms with E-state index in [2.05, 4.69) is 40.4 Å². The highest BCUT2D eigenvalue weighted by Gasteiger charge is 2.50. The molecule has 1 aromatic carbocycles. The van der Waals surface area contributed by atoms with Gasteiger partial charge in [-0.25, -0.2) is 9.69 Å². The SMILES string of the molecule is C=CCOC(=O)N1c2cc(O)c(OC)cc2C(=O)N2C=C(C)C[C@H]2C1O[Si](C)(C)C(C)(C)C. The highest BCUT2D eigenvalue weighted by molar-refractivity contribution is 6.74. The van der Waals surface area contributed by atoms with Crippen molar-refractivity contribution in [2.45, 2.75) is 64.5 Å². The highest BCUT2D eigenvalue weighted by Crippen LogP contribution is 2.45. The molecule has 0 bridgehead atoms. The summed E-state index contributed by atoms with van der Waals surface area (Å²) in [5.41, 5.74) is 1.44. The van der Waals surface area contributed by atoms with Crippen molar-refractivity contribution >= 4 is 26.0 Å². The molecule has 0 saturated heterocycles. The number of nitrogens with zero attached hydrogens (tertiary/aromatic N) is 2. The summed E-state index contributed by atoms with van der Waals surface area (Å²) in [6, 6.07) is 2.37. The van der Waals surface area contributed by atoms with Crippen LogP contribution in [0.4, 0.5) is 10.5 Å². The Labute approximate surface area is 196 Å². The molecule has 2 heterocycles.